The normalized spacial score (nSPS) is 25.6. The monoisotopic (exact) mass is 346 g/mol. The minimum Gasteiger partial charge on any atom is -0.377 e. The number of pyridine rings is 1. The highest BCUT2D eigenvalue weighted by atomic mass is 16.5. The van der Waals surface area contributed by atoms with Crippen LogP contribution in [0.3, 0.4) is 0 Å². The van der Waals surface area contributed by atoms with E-state index < -0.39 is 0 Å². The van der Waals surface area contributed by atoms with E-state index in [9.17, 15) is 4.79 Å². The number of carbonyl (C=O) groups excluding carboxylic acids is 1. The highest BCUT2D eigenvalue weighted by molar-refractivity contribution is 5.76. The molecular weight excluding hydrogens is 316 g/mol. The van der Waals surface area contributed by atoms with Gasteiger partial charge in [-0.25, -0.2) is 0 Å². The van der Waals surface area contributed by atoms with E-state index in [0.29, 0.717) is 36.7 Å². The maximum absolute atomic E-state index is 12.3. The lowest BCUT2D eigenvalue weighted by atomic mass is 9.91. The number of carbonyl (C=O) groups is 1. The lowest BCUT2D eigenvalue weighted by Crippen LogP contribution is -2.31. The molecule has 1 aromatic heterocycles. The van der Waals surface area contributed by atoms with Crippen molar-refractivity contribution in [3.8, 4) is 0 Å². The van der Waals surface area contributed by atoms with E-state index in [1.165, 1.54) is 0 Å². The van der Waals surface area contributed by atoms with Crippen molar-refractivity contribution in [2.75, 3.05) is 26.3 Å². The molecule has 2 aliphatic rings. The Morgan fingerprint density at radius 3 is 2.92 bits per heavy atom. The smallest absolute Gasteiger partial charge is 0.222 e. The van der Waals surface area contributed by atoms with E-state index >= 15 is 0 Å². The first-order valence-electron chi connectivity index (χ1n) is 9.49. The van der Waals surface area contributed by atoms with Crippen LogP contribution in [0.5, 0.6) is 0 Å². The summed E-state index contributed by atoms with van der Waals surface area (Å²) in [4.78, 5) is 18.4. The number of hydrogen-bond donors (Lipinski definition) is 0. The number of hydrogen-bond acceptors (Lipinski definition) is 4. The van der Waals surface area contributed by atoms with Gasteiger partial charge in [0.25, 0.3) is 0 Å². The summed E-state index contributed by atoms with van der Waals surface area (Å²) in [6.45, 7) is 8.13. The lowest BCUT2D eigenvalue weighted by Gasteiger charge is -2.20. The third-order valence-electron chi connectivity index (χ3n) is 5.38. The van der Waals surface area contributed by atoms with Crippen LogP contribution in [0.1, 0.15) is 38.7 Å². The van der Waals surface area contributed by atoms with Crippen LogP contribution in [-0.4, -0.2) is 48.2 Å². The summed E-state index contributed by atoms with van der Waals surface area (Å²) in [6, 6.07) is 3.96. The molecule has 1 amide bonds. The molecule has 0 spiro atoms. The molecule has 0 saturated carbocycles. The molecule has 0 radical (unpaired) electrons. The van der Waals surface area contributed by atoms with Gasteiger partial charge in [0, 0.05) is 44.4 Å². The molecule has 2 aliphatic heterocycles. The summed E-state index contributed by atoms with van der Waals surface area (Å²) < 4.78 is 11.8. The van der Waals surface area contributed by atoms with Crippen molar-refractivity contribution in [3.63, 3.8) is 0 Å². The number of likely N-dealkylation sites (tertiary alicyclic amines) is 1. The number of fused-ring (bicyclic) bond motifs is 1. The van der Waals surface area contributed by atoms with Crippen LogP contribution in [0.15, 0.2) is 24.5 Å². The first-order valence-corrected chi connectivity index (χ1v) is 9.49. The average Bonchev–Trinajstić information content (AvgIpc) is 3.19. The van der Waals surface area contributed by atoms with Gasteiger partial charge < -0.3 is 14.4 Å². The second-order valence-corrected chi connectivity index (χ2v) is 7.72. The molecule has 2 fully saturated rings. The fourth-order valence-electron chi connectivity index (χ4n) is 3.77. The van der Waals surface area contributed by atoms with Crippen molar-refractivity contribution in [2.24, 2.45) is 17.8 Å². The molecule has 0 unspecified atom stereocenters. The molecule has 1 aromatic rings. The molecule has 5 nitrogen and oxygen atoms in total. The van der Waals surface area contributed by atoms with Crippen LogP contribution < -0.4 is 0 Å². The molecule has 138 valence electrons. The summed E-state index contributed by atoms with van der Waals surface area (Å²) in [5, 5.41) is 0. The largest absolute Gasteiger partial charge is 0.377 e. The van der Waals surface area contributed by atoms with Gasteiger partial charge in [0.05, 0.1) is 19.3 Å². The lowest BCUT2D eigenvalue weighted by molar-refractivity contribution is -0.131. The molecule has 0 N–H and O–H groups in total. The highest BCUT2D eigenvalue weighted by Crippen LogP contribution is 2.35. The predicted molar refractivity (Wildman–Crippen MR) is 95.9 cm³/mol. The van der Waals surface area contributed by atoms with Crippen LogP contribution in [0.2, 0.25) is 0 Å². The minimum absolute atomic E-state index is 0.230. The molecule has 3 atom stereocenters. The Hall–Kier alpha value is -1.46. The Balaban J connectivity index is 1.39. The number of nitrogens with zero attached hydrogens (tertiary/aromatic N) is 2. The van der Waals surface area contributed by atoms with E-state index in [2.05, 4.69) is 18.8 Å². The third kappa shape index (κ3) is 5.02. The summed E-state index contributed by atoms with van der Waals surface area (Å²) in [6.07, 6.45) is 6.44. The number of aromatic nitrogens is 1. The molecular formula is C20H30N2O3. The van der Waals surface area contributed by atoms with Crippen molar-refractivity contribution in [1.82, 2.24) is 9.88 Å². The second kappa shape index (κ2) is 8.77. The maximum atomic E-state index is 12.3. The second-order valence-electron chi connectivity index (χ2n) is 7.72. The van der Waals surface area contributed by atoms with Gasteiger partial charge in [-0.15, -0.1) is 0 Å². The summed E-state index contributed by atoms with van der Waals surface area (Å²) in [5.41, 5.74) is 1.15. The van der Waals surface area contributed by atoms with Gasteiger partial charge in [-0.05, 0) is 42.4 Å². The van der Waals surface area contributed by atoms with E-state index in [1.807, 2.05) is 17.0 Å². The Bertz CT molecular complexity index is 549. The van der Waals surface area contributed by atoms with Crippen molar-refractivity contribution in [3.05, 3.63) is 30.1 Å². The van der Waals surface area contributed by atoms with Crippen molar-refractivity contribution in [2.45, 2.75) is 45.8 Å². The van der Waals surface area contributed by atoms with Crippen LogP contribution in [0, 0.1) is 17.8 Å². The number of rotatable bonds is 8. The molecule has 3 rings (SSSR count). The van der Waals surface area contributed by atoms with Crippen LogP contribution in [0.25, 0.3) is 0 Å². The molecule has 0 bridgehead atoms. The van der Waals surface area contributed by atoms with Gasteiger partial charge >= 0.3 is 0 Å². The Morgan fingerprint density at radius 1 is 1.36 bits per heavy atom. The van der Waals surface area contributed by atoms with Crippen molar-refractivity contribution >= 4 is 5.91 Å². The first-order chi connectivity index (χ1) is 12.1. The number of ether oxygens (including phenoxy) is 2. The van der Waals surface area contributed by atoms with Crippen LogP contribution in [-0.2, 0) is 20.9 Å². The van der Waals surface area contributed by atoms with Crippen LogP contribution >= 0.6 is 0 Å². The standard InChI is InChI=1S/C20H30N2O3/c1-15(2)3-4-20(23)22-11-18-17(14-25-19(18)12-22)7-10-24-13-16-5-8-21-9-6-16/h5-6,8-9,15,17-19H,3-4,7,10-14H2,1-2H3/t17-,18-,19-/m0/s1. The van der Waals surface area contributed by atoms with Crippen molar-refractivity contribution in [1.29, 1.82) is 0 Å². The van der Waals surface area contributed by atoms with E-state index in [0.717, 1.165) is 44.7 Å². The maximum Gasteiger partial charge on any atom is 0.222 e. The van der Waals surface area contributed by atoms with Gasteiger partial charge in [0.1, 0.15) is 0 Å². The molecule has 2 saturated heterocycles. The predicted octanol–water partition coefficient (Wildman–Crippen LogP) is 2.90. The minimum atomic E-state index is 0.230. The molecule has 3 heterocycles. The fraction of sp³-hybridized carbons (Fsp3) is 0.700. The van der Waals surface area contributed by atoms with Gasteiger partial charge in [0.2, 0.25) is 5.91 Å². The van der Waals surface area contributed by atoms with Crippen molar-refractivity contribution < 1.29 is 14.3 Å². The van der Waals surface area contributed by atoms with E-state index in [4.69, 9.17) is 9.47 Å². The molecule has 25 heavy (non-hydrogen) atoms. The Morgan fingerprint density at radius 2 is 2.16 bits per heavy atom. The zero-order valence-electron chi connectivity index (χ0n) is 15.4. The first kappa shape index (κ1) is 18.3. The SMILES string of the molecule is CC(C)CCC(=O)N1C[C@H]2[C@@H](CCOCc3ccncc3)CO[C@H]2C1. The topological polar surface area (TPSA) is 51.7 Å². The number of amides is 1. The summed E-state index contributed by atoms with van der Waals surface area (Å²) in [5.74, 6) is 1.85. The van der Waals surface area contributed by atoms with Gasteiger partial charge in [0.15, 0.2) is 0 Å². The fourth-order valence-corrected chi connectivity index (χ4v) is 3.77. The zero-order valence-corrected chi connectivity index (χ0v) is 15.4. The third-order valence-corrected chi connectivity index (χ3v) is 5.38. The highest BCUT2D eigenvalue weighted by Gasteiger charge is 2.44. The Kier molecular flexibility index (Phi) is 6.43. The van der Waals surface area contributed by atoms with Crippen LogP contribution in [0.4, 0.5) is 0 Å². The summed E-state index contributed by atoms with van der Waals surface area (Å²) >= 11 is 0. The summed E-state index contributed by atoms with van der Waals surface area (Å²) in [7, 11) is 0. The van der Waals surface area contributed by atoms with E-state index in [1.54, 1.807) is 12.4 Å². The quantitative estimate of drug-likeness (QED) is 0.679. The molecule has 0 aromatic carbocycles. The zero-order chi connectivity index (χ0) is 17.6. The van der Waals surface area contributed by atoms with E-state index in [-0.39, 0.29) is 6.10 Å². The Labute approximate surface area is 150 Å². The van der Waals surface area contributed by atoms with Gasteiger partial charge in [-0.2, -0.15) is 0 Å². The van der Waals surface area contributed by atoms with Gasteiger partial charge in [-0.1, -0.05) is 13.8 Å². The molecule has 0 aliphatic carbocycles. The molecule has 5 heteroatoms. The average molecular weight is 346 g/mol. The van der Waals surface area contributed by atoms with Gasteiger partial charge in [-0.3, -0.25) is 9.78 Å².